The van der Waals surface area contributed by atoms with Crippen molar-refractivity contribution in [1.82, 2.24) is 9.88 Å². The Balaban J connectivity index is 1.12. The van der Waals surface area contributed by atoms with Gasteiger partial charge in [-0.25, -0.2) is 4.79 Å². The molecule has 5 nitrogen and oxygen atoms in total. The molecule has 0 unspecified atom stereocenters. The van der Waals surface area contributed by atoms with E-state index in [4.69, 9.17) is 9.47 Å². The lowest BCUT2D eigenvalue weighted by atomic mass is 9.94. The monoisotopic (exact) mass is 414 g/mol. The molecule has 29 heavy (non-hydrogen) atoms. The van der Waals surface area contributed by atoms with Crippen molar-refractivity contribution in [1.29, 1.82) is 0 Å². The lowest BCUT2D eigenvalue weighted by Gasteiger charge is -2.31. The first-order valence-electron chi connectivity index (χ1n) is 10.8. The van der Waals surface area contributed by atoms with Gasteiger partial charge in [-0.15, -0.1) is 11.3 Å². The molecule has 1 amide bonds. The number of carbonyl (C=O) groups excluding carboxylic acids is 1. The molecular weight excluding hydrogens is 384 g/mol. The summed E-state index contributed by atoms with van der Waals surface area (Å²) in [6.45, 7) is 2.59. The highest BCUT2D eigenvalue weighted by Crippen LogP contribution is 2.34. The summed E-state index contributed by atoms with van der Waals surface area (Å²) in [6.07, 6.45) is 9.99. The zero-order valence-corrected chi connectivity index (χ0v) is 17.7. The van der Waals surface area contributed by atoms with Crippen molar-refractivity contribution < 1.29 is 14.3 Å². The minimum absolute atomic E-state index is 0.213. The van der Waals surface area contributed by atoms with Gasteiger partial charge in [0.25, 0.3) is 0 Å². The van der Waals surface area contributed by atoms with E-state index in [1.807, 2.05) is 4.90 Å². The van der Waals surface area contributed by atoms with Crippen LogP contribution in [0.3, 0.4) is 0 Å². The fourth-order valence-corrected chi connectivity index (χ4v) is 4.89. The molecular formula is C23H30N2O3S. The molecule has 2 aliphatic rings. The normalized spacial score (nSPS) is 18.1. The number of nitrogens with zero attached hydrogens (tertiary/aromatic N) is 2. The Bertz CT molecular complexity index is 749. The van der Waals surface area contributed by atoms with Crippen LogP contribution in [0.2, 0.25) is 0 Å². The fraction of sp³-hybridized carbons (Fsp3) is 0.565. The Kier molecular flexibility index (Phi) is 7.04. The number of amides is 1. The van der Waals surface area contributed by atoms with Crippen LogP contribution in [0.4, 0.5) is 4.79 Å². The lowest BCUT2D eigenvalue weighted by Crippen LogP contribution is -2.39. The molecule has 2 heterocycles. The van der Waals surface area contributed by atoms with E-state index in [0.717, 1.165) is 55.5 Å². The maximum Gasteiger partial charge on any atom is 0.410 e. The quantitative estimate of drug-likeness (QED) is 0.590. The third-order valence-corrected chi connectivity index (χ3v) is 6.95. The van der Waals surface area contributed by atoms with E-state index in [-0.39, 0.29) is 6.09 Å². The van der Waals surface area contributed by atoms with Crippen molar-refractivity contribution in [3.63, 3.8) is 0 Å². The van der Waals surface area contributed by atoms with Gasteiger partial charge in [-0.2, -0.15) is 0 Å². The van der Waals surface area contributed by atoms with Crippen LogP contribution >= 0.6 is 11.3 Å². The summed E-state index contributed by atoms with van der Waals surface area (Å²) in [5.74, 6) is 2.33. The number of rotatable bonds is 7. The topological polar surface area (TPSA) is 51.7 Å². The zero-order chi connectivity index (χ0) is 19.9. The van der Waals surface area contributed by atoms with E-state index < -0.39 is 0 Å². The molecule has 0 bridgehead atoms. The third kappa shape index (κ3) is 5.72. The second kappa shape index (κ2) is 10.1. The number of ether oxygens (including phenoxy) is 2. The summed E-state index contributed by atoms with van der Waals surface area (Å²) in [4.78, 5) is 19.0. The van der Waals surface area contributed by atoms with Gasteiger partial charge >= 0.3 is 6.09 Å². The second-order valence-electron chi connectivity index (χ2n) is 8.14. The molecule has 1 aromatic carbocycles. The molecule has 2 aromatic rings. The molecule has 0 atom stereocenters. The van der Waals surface area contributed by atoms with Crippen molar-refractivity contribution in [3.05, 3.63) is 46.4 Å². The average Bonchev–Trinajstić information content (AvgIpc) is 3.47. The van der Waals surface area contributed by atoms with Crippen molar-refractivity contribution >= 4 is 17.4 Å². The van der Waals surface area contributed by atoms with Crippen molar-refractivity contribution in [3.8, 4) is 5.75 Å². The van der Waals surface area contributed by atoms with Gasteiger partial charge in [-0.05, 0) is 61.6 Å². The molecule has 6 heteroatoms. The van der Waals surface area contributed by atoms with E-state index in [1.54, 1.807) is 11.7 Å². The summed E-state index contributed by atoms with van der Waals surface area (Å²) in [7, 11) is 0. The molecule has 1 aliphatic heterocycles. The van der Waals surface area contributed by atoms with Crippen LogP contribution in [0.15, 0.2) is 36.0 Å². The van der Waals surface area contributed by atoms with Gasteiger partial charge < -0.3 is 14.4 Å². The first-order chi connectivity index (χ1) is 14.3. The van der Waals surface area contributed by atoms with Gasteiger partial charge in [-0.3, -0.25) is 4.98 Å². The van der Waals surface area contributed by atoms with Crippen LogP contribution in [0.1, 0.15) is 61.3 Å². The van der Waals surface area contributed by atoms with Crippen LogP contribution in [0, 0.1) is 5.92 Å². The molecule has 1 aromatic heterocycles. The van der Waals surface area contributed by atoms with Crippen LogP contribution in [-0.2, 0) is 11.3 Å². The second-order valence-corrected chi connectivity index (χ2v) is 9.11. The summed E-state index contributed by atoms with van der Waals surface area (Å²) in [6, 6.07) is 8.72. The van der Waals surface area contributed by atoms with Gasteiger partial charge in [0.05, 0.1) is 17.0 Å². The number of benzene rings is 1. The Hall–Kier alpha value is -2.08. The van der Waals surface area contributed by atoms with E-state index >= 15 is 0 Å². The predicted molar refractivity (Wildman–Crippen MR) is 114 cm³/mol. The Labute approximate surface area is 177 Å². The van der Waals surface area contributed by atoms with Crippen LogP contribution in [0.5, 0.6) is 5.75 Å². The summed E-state index contributed by atoms with van der Waals surface area (Å²) in [5.41, 5.74) is 3.21. The van der Waals surface area contributed by atoms with Gasteiger partial charge in [0.15, 0.2) is 0 Å². The fourth-order valence-electron chi connectivity index (χ4n) is 4.38. The standard InChI is InChI=1S/C23H30N2O3S/c26-23(28-16-22-15-24-17-29-22)25-12-9-18(10-13-25)11-14-27-21-7-5-20(6-8-21)19-3-1-2-4-19/h5-8,15,17-19H,1-4,9-14,16H2. The van der Waals surface area contributed by atoms with Crippen molar-refractivity contribution in [2.24, 2.45) is 5.92 Å². The highest BCUT2D eigenvalue weighted by Gasteiger charge is 2.24. The third-order valence-electron chi connectivity index (χ3n) is 6.20. The number of aromatic nitrogens is 1. The van der Waals surface area contributed by atoms with Crippen LogP contribution < -0.4 is 4.74 Å². The highest BCUT2D eigenvalue weighted by atomic mass is 32.1. The van der Waals surface area contributed by atoms with E-state index in [2.05, 4.69) is 29.2 Å². The van der Waals surface area contributed by atoms with Gasteiger partial charge in [0.1, 0.15) is 12.4 Å². The molecule has 0 spiro atoms. The largest absolute Gasteiger partial charge is 0.494 e. The zero-order valence-electron chi connectivity index (χ0n) is 16.9. The Morgan fingerprint density at radius 1 is 1.10 bits per heavy atom. The van der Waals surface area contributed by atoms with Crippen LogP contribution in [0.25, 0.3) is 0 Å². The minimum Gasteiger partial charge on any atom is -0.494 e. The average molecular weight is 415 g/mol. The smallest absolute Gasteiger partial charge is 0.410 e. The lowest BCUT2D eigenvalue weighted by molar-refractivity contribution is 0.0807. The molecule has 0 radical (unpaired) electrons. The first kappa shape index (κ1) is 20.2. The molecule has 156 valence electrons. The summed E-state index contributed by atoms with van der Waals surface area (Å²) in [5, 5.41) is 0. The Morgan fingerprint density at radius 2 is 1.86 bits per heavy atom. The number of likely N-dealkylation sites (tertiary alicyclic amines) is 1. The number of hydrogen-bond acceptors (Lipinski definition) is 5. The predicted octanol–water partition coefficient (Wildman–Crippen LogP) is 5.62. The number of carbonyl (C=O) groups is 1. The summed E-state index contributed by atoms with van der Waals surface area (Å²) < 4.78 is 11.3. The molecule has 1 saturated heterocycles. The van der Waals surface area contributed by atoms with Gasteiger partial charge in [0.2, 0.25) is 0 Å². The minimum atomic E-state index is -0.213. The molecule has 4 rings (SSSR count). The maximum absolute atomic E-state index is 12.2. The number of thiazole rings is 1. The van der Waals surface area contributed by atoms with Crippen molar-refractivity contribution in [2.75, 3.05) is 19.7 Å². The molecule has 1 saturated carbocycles. The van der Waals surface area contributed by atoms with Gasteiger partial charge in [0, 0.05) is 19.3 Å². The molecule has 0 N–H and O–H groups in total. The van der Waals surface area contributed by atoms with E-state index in [1.165, 1.54) is 42.6 Å². The summed E-state index contributed by atoms with van der Waals surface area (Å²) >= 11 is 1.51. The highest BCUT2D eigenvalue weighted by molar-refractivity contribution is 7.09. The molecule has 1 aliphatic carbocycles. The van der Waals surface area contributed by atoms with Crippen LogP contribution in [-0.4, -0.2) is 35.7 Å². The van der Waals surface area contributed by atoms with Crippen molar-refractivity contribution in [2.45, 2.75) is 57.5 Å². The van der Waals surface area contributed by atoms with E-state index in [9.17, 15) is 4.79 Å². The SMILES string of the molecule is O=C(OCc1cncs1)N1CCC(CCOc2ccc(C3CCCC3)cc2)CC1. The van der Waals surface area contributed by atoms with E-state index in [0.29, 0.717) is 12.5 Å². The maximum atomic E-state index is 12.2. The molecule has 2 fully saturated rings. The van der Waals surface area contributed by atoms with Gasteiger partial charge in [-0.1, -0.05) is 25.0 Å². The Morgan fingerprint density at radius 3 is 2.55 bits per heavy atom. The first-order valence-corrected chi connectivity index (χ1v) is 11.7. The number of hydrogen-bond donors (Lipinski definition) is 0. The number of piperidine rings is 1.